The Bertz CT molecular complexity index is 76.2. The quantitative estimate of drug-likeness (QED) is 0.338. The van der Waals surface area contributed by atoms with Gasteiger partial charge in [-0.15, -0.1) is 11.6 Å². The Morgan fingerprint density at radius 3 is 2.17 bits per heavy atom. The lowest BCUT2D eigenvalue weighted by atomic mass is 10.0. The van der Waals surface area contributed by atoms with Crippen molar-refractivity contribution in [2.24, 2.45) is 5.92 Å². The van der Waals surface area contributed by atoms with Gasteiger partial charge in [-0.3, -0.25) is 0 Å². The fourth-order valence-corrected chi connectivity index (χ4v) is 1.33. The van der Waals surface area contributed by atoms with Crippen molar-refractivity contribution in [3.8, 4) is 0 Å². The molecular formula is C10H23ClMg. The van der Waals surface area contributed by atoms with E-state index in [1.165, 1.54) is 38.5 Å². The molecule has 0 aliphatic rings. The maximum atomic E-state index is 5.69. The van der Waals surface area contributed by atoms with E-state index in [1.807, 2.05) is 0 Å². The third-order valence-electron chi connectivity index (χ3n) is 2.06. The molecule has 0 saturated carbocycles. The van der Waals surface area contributed by atoms with Gasteiger partial charge in [0.15, 0.2) is 0 Å². The van der Waals surface area contributed by atoms with Crippen LogP contribution in [0.1, 0.15) is 52.4 Å². The maximum absolute atomic E-state index is 5.69. The van der Waals surface area contributed by atoms with E-state index in [1.54, 1.807) is 0 Å². The van der Waals surface area contributed by atoms with E-state index in [0.717, 1.165) is 11.8 Å². The van der Waals surface area contributed by atoms with Gasteiger partial charge in [-0.25, -0.2) is 0 Å². The molecule has 1 unspecified atom stereocenters. The Labute approximate surface area is 98.6 Å². The molecule has 2 heteroatoms. The molecule has 0 rings (SSSR count). The van der Waals surface area contributed by atoms with Gasteiger partial charge in [0.1, 0.15) is 0 Å². The van der Waals surface area contributed by atoms with E-state index >= 15 is 0 Å². The molecule has 0 fully saturated rings. The molecule has 0 saturated heterocycles. The number of alkyl halides is 1. The van der Waals surface area contributed by atoms with Crippen molar-refractivity contribution < 1.29 is 0 Å². The summed E-state index contributed by atoms with van der Waals surface area (Å²) in [5.74, 6) is 1.55. The maximum Gasteiger partial charge on any atom is 0.316 e. The fourth-order valence-electron chi connectivity index (χ4n) is 1.17. The number of hydrogen-bond acceptors (Lipinski definition) is 0. The summed E-state index contributed by atoms with van der Waals surface area (Å²) in [6.45, 7) is 4.48. The predicted octanol–water partition coefficient (Wildman–Crippen LogP) is 3.31. The lowest BCUT2D eigenvalue weighted by molar-refractivity contribution is 0.522. The Morgan fingerprint density at radius 2 is 1.67 bits per heavy atom. The lowest BCUT2D eigenvalue weighted by Gasteiger charge is -2.05. The molecule has 0 aromatic carbocycles. The molecule has 0 aromatic heterocycles. The number of rotatable bonds is 7. The molecule has 72 valence electrons. The fraction of sp³-hybridized carbons (Fsp3) is 1.00. The first-order valence-corrected chi connectivity index (χ1v) is 5.40. The van der Waals surface area contributed by atoms with Crippen molar-refractivity contribution in [3.63, 3.8) is 0 Å². The highest BCUT2D eigenvalue weighted by molar-refractivity contribution is 6.18. The van der Waals surface area contributed by atoms with Gasteiger partial charge in [0, 0.05) is 5.88 Å². The van der Waals surface area contributed by atoms with Crippen LogP contribution in [0.3, 0.4) is 0 Å². The van der Waals surface area contributed by atoms with Crippen LogP contribution < -0.4 is 0 Å². The van der Waals surface area contributed by atoms with Gasteiger partial charge in [0.05, 0.1) is 0 Å². The summed E-state index contributed by atoms with van der Waals surface area (Å²) in [4.78, 5) is 0. The molecule has 0 spiro atoms. The van der Waals surface area contributed by atoms with E-state index in [-0.39, 0.29) is 23.1 Å². The zero-order valence-corrected chi connectivity index (χ0v) is 8.66. The molecule has 0 aliphatic heterocycles. The molecule has 0 heterocycles. The van der Waals surface area contributed by atoms with Gasteiger partial charge in [-0.2, -0.15) is 0 Å². The van der Waals surface area contributed by atoms with Crippen molar-refractivity contribution in [3.05, 3.63) is 0 Å². The van der Waals surface area contributed by atoms with Crippen LogP contribution in [0, 0.1) is 5.92 Å². The number of halogens is 1. The van der Waals surface area contributed by atoms with Crippen LogP contribution in [-0.2, 0) is 0 Å². The molecule has 0 bridgehead atoms. The largest absolute Gasteiger partial charge is 0.316 e. The molecule has 1 atom stereocenters. The summed E-state index contributed by atoms with van der Waals surface area (Å²) < 4.78 is 0. The Hall–Kier alpha value is 1.06. The second-order valence-electron chi connectivity index (χ2n) is 3.46. The average Bonchev–Trinajstić information content (AvgIpc) is 2.04. The lowest BCUT2D eigenvalue weighted by Crippen LogP contribution is -1.95. The van der Waals surface area contributed by atoms with Gasteiger partial charge in [0.2, 0.25) is 0 Å². The second kappa shape index (κ2) is 12.1. The zero-order valence-electron chi connectivity index (χ0n) is 7.91. The van der Waals surface area contributed by atoms with Crippen LogP contribution in [0.5, 0.6) is 0 Å². The number of hydrogen-bond donors (Lipinski definition) is 0. The van der Waals surface area contributed by atoms with E-state index < -0.39 is 0 Å². The summed E-state index contributed by atoms with van der Waals surface area (Å²) in [6.07, 6.45) is 8.22. The van der Waals surface area contributed by atoms with Crippen molar-refractivity contribution >= 4 is 34.7 Å². The SMILES string of the molecule is CCCCCCCC(C)CCl.[MgH2]. The van der Waals surface area contributed by atoms with E-state index in [4.69, 9.17) is 11.6 Å². The van der Waals surface area contributed by atoms with Crippen LogP contribution in [0.2, 0.25) is 0 Å². The molecule has 0 amide bonds. The molecule has 0 aliphatic carbocycles. The molecule has 0 radical (unpaired) electrons. The highest BCUT2D eigenvalue weighted by Crippen LogP contribution is 2.11. The highest BCUT2D eigenvalue weighted by Gasteiger charge is 1.98. The van der Waals surface area contributed by atoms with Crippen LogP contribution in [0.15, 0.2) is 0 Å². The standard InChI is InChI=1S/C10H21Cl.Mg.2H/c1-3-4-5-6-7-8-10(2)9-11;;;/h10H,3-9H2,1-2H3;;;. The molecule has 12 heavy (non-hydrogen) atoms. The summed E-state index contributed by atoms with van der Waals surface area (Å²) in [7, 11) is 0. The van der Waals surface area contributed by atoms with Gasteiger partial charge < -0.3 is 0 Å². The summed E-state index contributed by atoms with van der Waals surface area (Å²) in [6, 6.07) is 0. The third kappa shape index (κ3) is 11.1. The molecule has 0 nitrogen and oxygen atoms in total. The first kappa shape index (κ1) is 15.5. The van der Waals surface area contributed by atoms with Crippen molar-refractivity contribution in [2.75, 3.05) is 5.88 Å². The average molecular weight is 203 g/mol. The Morgan fingerprint density at radius 1 is 1.08 bits per heavy atom. The van der Waals surface area contributed by atoms with E-state index in [9.17, 15) is 0 Å². The summed E-state index contributed by atoms with van der Waals surface area (Å²) >= 11 is 5.69. The van der Waals surface area contributed by atoms with Crippen molar-refractivity contribution in [1.82, 2.24) is 0 Å². The van der Waals surface area contributed by atoms with Crippen LogP contribution in [0.25, 0.3) is 0 Å². The van der Waals surface area contributed by atoms with Crippen LogP contribution in [-0.4, -0.2) is 28.9 Å². The van der Waals surface area contributed by atoms with E-state index in [2.05, 4.69) is 13.8 Å². The van der Waals surface area contributed by atoms with Crippen LogP contribution in [0.4, 0.5) is 0 Å². The first-order valence-electron chi connectivity index (χ1n) is 4.87. The van der Waals surface area contributed by atoms with Crippen molar-refractivity contribution in [2.45, 2.75) is 52.4 Å². The topological polar surface area (TPSA) is 0 Å². The minimum Gasteiger partial charge on any atom is -0.126 e. The van der Waals surface area contributed by atoms with Crippen LogP contribution >= 0.6 is 11.6 Å². The second-order valence-corrected chi connectivity index (χ2v) is 3.77. The molecular weight excluding hydrogens is 180 g/mol. The summed E-state index contributed by atoms with van der Waals surface area (Å²) in [5.41, 5.74) is 0. The monoisotopic (exact) mass is 202 g/mol. The predicted molar refractivity (Wildman–Crippen MR) is 61.8 cm³/mol. The summed E-state index contributed by atoms with van der Waals surface area (Å²) in [5, 5.41) is 0. The molecule has 0 aromatic rings. The van der Waals surface area contributed by atoms with Crippen molar-refractivity contribution in [1.29, 1.82) is 0 Å². The van der Waals surface area contributed by atoms with Gasteiger partial charge >= 0.3 is 23.1 Å². The highest BCUT2D eigenvalue weighted by atomic mass is 35.5. The Balaban J connectivity index is 0. The normalized spacial score (nSPS) is 12.2. The third-order valence-corrected chi connectivity index (χ3v) is 2.59. The zero-order chi connectivity index (χ0) is 8.53. The van der Waals surface area contributed by atoms with E-state index in [0.29, 0.717) is 0 Å². The minimum atomic E-state index is 0. The first-order chi connectivity index (χ1) is 5.31. The van der Waals surface area contributed by atoms with Gasteiger partial charge in [-0.1, -0.05) is 46.0 Å². The molecule has 0 N–H and O–H groups in total. The smallest absolute Gasteiger partial charge is 0.126 e. The van der Waals surface area contributed by atoms with Gasteiger partial charge in [0.25, 0.3) is 0 Å². The van der Waals surface area contributed by atoms with Gasteiger partial charge in [-0.05, 0) is 12.3 Å². The number of unbranched alkanes of at least 4 members (excludes halogenated alkanes) is 4. The Kier molecular flexibility index (Phi) is 15.6. The minimum absolute atomic E-state index is 0.